The van der Waals surface area contributed by atoms with Crippen LogP contribution in [0.5, 0.6) is 0 Å². The van der Waals surface area contributed by atoms with Crippen molar-refractivity contribution in [2.75, 3.05) is 0 Å². The maximum absolute atomic E-state index is 11.8. The number of carbonyl (C=O) groups is 2. The van der Waals surface area contributed by atoms with Crippen LogP contribution in [-0.4, -0.2) is 11.6 Å². The average Bonchev–Trinajstić information content (AvgIpc) is 2.50. The summed E-state index contributed by atoms with van der Waals surface area (Å²) in [6.45, 7) is 3.00. The van der Waals surface area contributed by atoms with Crippen LogP contribution in [-0.2, 0) is 16.0 Å². The number of hydrogen-bond donors (Lipinski definition) is 0. The van der Waals surface area contributed by atoms with E-state index in [-0.39, 0.29) is 11.6 Å². The van der Waals surface area contributed by atoms with E-state index in [0.717, 1.165) is 27.1 Å². The van der Waals surface area contributed by atoms with Gasteiger partial charge in [-0.2, -0.15) is 0 Å². The first-order chi connectivity index (χ1) is 10.6. The lowest BCUT2D eigenvalue weighted by atomic mass is 9.87. The number of carbonyl (C=O) groups excluding carboxylic acids is 2. The normalized spacial score (nSPS) is 11.2. The average molecular weight is 290 g/mol. The Bertz CT molecular complexity index is 809. The zero-order chi connectivity index (χ0) is 15.7. The molecule has 3 aromatic carbocycles. The molecule has 2 heteroatoms. The van der Waals surface area contributed by atoms with E-state index in [0.29, 0.717) is 6.42 Å². The minimum absolute atomic E-state index is 0.0653. The van der Waals surface area contributed by atoms with Crippen molar-refractivity contribution in [3.63, 3.8) is 0 Å². The van der Waals surface area contributed by atoms with Crippen molar-refractivity contribution in [3.05, 3.63) is 60.2 Å². The van der Waals surface area contributed by atoms with E-state index in [4.69, 9.17) is 0 Å². The van der Waals surface area contributed by atoms with Crippen LogP contribution in [0.1, 0.15) is 19.4 Å². The molecule has 0 heterocycles. The number of ketones is 2. The minimum Gasteiger partial charge on any atom is -0.299 e. The molecule has 110 valence electrons. The van der Waals surface area contributed by atoms with E-state index in [1.54, 1.807) is 0 Å². The molecule has 0 amide bonds. The molecule has 0 bridgehead atoms. The summed E-state index contributed by atoms with van der Waals surface area (Å²) in [6, 6.07) is 18.4. The van der Waals surface area contributed by atoms with E-state index in [2.05, 4.69) is 30.3 Å². The first-order valence-corrected chi connectivity index (χ1v) is 7.48. The molecule has 0 aromatic heterocycles. The third-order valence-electron chi connectivity index (χ3n) is 4.27. The molecule has 22 heavy (non-hydrogen) atoms. The van der Waals surface area contributed by atoms with Gasteiger partial charge in [0, 0.05) is 0 Å². The Morgan fingerprint density at radius 2 is 1.27 bits per heavy atom. The highest BCUT2D eigenvalue weighted by atomic mass is 16.1. The molecule has 0 aliphatic carbocycles. The van der Waals surface area contributed by atoms with Crippen LogP contribution in [0.2, 0.25) is 0 Å². The number of Topliss-reactive ketones (excluding diaryl/α,β-unsaturated/α-hetero) is 2. The Balaban J connectivity index is 2.28. The van der Waals surface area contributed by atoms with Crippen LogP contribution in [0.15, 0.2) is 54.6 Å². The molecule has 0 spiro atoms. The van der Waals surface area contributed by atoms with Crippen molar-refractivity contribution in [1.29, 1.82) is 0 Å². The molecule has 0 saturated carbocycles. The van der Waals surface area contributed by atoms with Crippen molar-refractivity contribution < 1.29 is 9.59 Å². The fourth-order valence-electron chi connectivity index (χ4n) is 3.11. The first-order valence-electron chi connectivity index (χ1n) is 7.48. The van der Waals surface area contributed by atoms with Gasteiger partial charge < -0.3 is 0 Å². The summed E-state index contributed by atoms with van der Waals surface area (Å²) in [6.07, 6.45) is 0.465. The lowest BCUT2D eigenvalue weighted by molar-refractivity contribution is -0.130. The minimum atomic E-state index is -0.561. The number of hydrogen-bond acceptors (Lipinski definition) is 2. The van der Waals surface area contributed by atoms with Gasteiger partial charge in [-0.3, -0.25) is 9.59 Å². The molecule has 3 rings (SSSR count). The maximum Gasteiger partial charge on any atom is 0.140 e. The molecule has 0 fully saturated rings. The van der Waals surface area contributed by atoms with Gasteiger partial charge in [-0.25, -0.2) is 0 Å². The van der Waals surface area contributed by atoms with Gasteiger partial charge in [0.25, 0.3) is 0 Å². The summed E-state index contributed by atoms with van der Waals surface area (Å²) < 4.78 is 0. The molecule has 0 aliphatic rings. The Morgan fingerprint density at radius 3 is 1.73 bits per heavy atom. The molecule has 0 atom stereocenters. The van der Waals surface area contributed by atoms with E-state index >= 15 is 0 Å². The standard InChI is InChI=1S/C20H18O2/c1-13(21)19(14(2)22)12-20-17-9-5-3-7-15(17)11-16-8-4-6-10-18(16)20/h3-11,19H,12H2,1-2H3. The van der Waals surface area contributed by atoms with Gasteiger partial charge in [0.15, 0.2) is 0 Å². The highest BCUT2D eigenvalue weighted by molar-refractivity contribution is 6.05. The number of fused-ring (bicyclic) bond motifs is 2. The Kier molecular flexibility index (Phi) is 3.76. The van der Waals surface area contributed by atoms with Crippen LogP contribution in [0, 0.1) is 5.92 Å². The largest absolute Gasteiger partial charge is 0.299 e. The number of rotatable bonds is 4. The summed E-state index contributed by atoms with van der Waals surface area (Å²) >= 11 is 0. The third kappa shape index (κ3) is 2.52. The Labute approximate surface area is 129 Å². The smallest absolute Gasteiger partial charge is 0.140 e. The summed E-state index contributed by atoms with van der Waals surface area (Å²) in [7, 11) is 0. The van der Waals surface area contributed by atoms with Crippen molar-refractivity contribution in [1.82, 2.24) is 0 Å². The Hall–Kier alpha value is -2.48. The molecular formula is C20H18O2. The SMILES string of the molecule is CC(=O)C(Cc1c2ccccc2cc2ccccc12)C(C)=O. The molecule has 3 aromatic rings. The van der Waals surface area contributed by atoms with Crippen LogP contribution in [0.25, 0.3) is 21.5 Å². The van der Waals surface area contributed by atoms with Gasteiger partial charge >= 0.3 is 0 Å². The van der Waals surface area contributed by atoms with Gasteiger partial charge in [-0.05, 0) is 53.4 Å². The van der Waals surface area contributed by atoms with Crippen molar-refractivity contribution in [3.8, 4) is 0 Å². The lowest BCUT2D eigenvalue weighted by Gasteiger charge is -2.15. The van der Waals surface area contributed by atoms with Gasteiger partial charge in [0.1, 0.15) is 11.6 Å². The maximum atomic E-state index is 11.8. The second-order valence-electron chi connectivity index (χ2n) is 5.78. The Morgan fingerprint density at radius 1 is 0.818 bits per heavy atom. The zero-order valence-corrected chi connectivity index (χ0v) is 12.8. The van der Waals surface area contributed by atoms with Gasteiger partial charge in [-0.15, -0.1) is 0 Å². The monoisotopic (exact) mass is 290 g/mol. The first kappa shape index (κ1) is 14.5. The molecule has 0 unspecified atom stereocenters. The molecular weight excluding hydrogens is 272 g/mol. The lowest BCUT2D eigenvalue weighted by Crippen LogP contribution is -2.22. The van der Waals surface area contributed by atoms with E-state index < -0.39 is 5.92 Å². The van der Waals surface area contributed by atoms with E-state index in [1.807, 2.05) is 24.3 Å². The second kappa shape index (κ2) is 5.72. The highest BCUT2D eigenvalue weighted by Crippen LogP contribution is 2.30. The van der Waals surface area contributed by atoms with Crippen LogP contribution >= 0.6 is 0 Å². The predicted octanol–water partition coefficient (Wildman–Crippen LogP) is 4.33. The van der Waals surface area contributed by atoms with Crippen LogP contribution < -0.4 is 0 Å². The number of benzene rings is 3. The predicted molar refractivity (Wildman–Crippen MR) is 90.0 cm³/mol. The molecule has 0 aliphatic heterocycles. The summed E-state index contributed by atoms with van der Waals surface area (Å²) in [5.74, 6) is -0.691. The van der Waals surface area contributed by atoms with Crippen molar-refractivity contribution in [2.24, 2.45) is 5.92 Å². The van der Waals surface area contributed by atoms with Crippen LogP contribution in [0.3, 0.4) is 0 Å². The topological polar surface area (TPSA) is 34.1 Å². The van der Waals surface area contributed by atoms with Crippen molar-refractivity contribution >= 4 is 33.1 Å². The fourth-order valence-corrected chi connectivity index (χ4v) is 3.11. The highest BCUT2D eigenvalue weighted by Gasteiger charge is 2.22. The fraction of sp³-hybridized carbons (Fsp3) is 0.200. The molecule has 2 nitrogen and oxygen atoms in total. The third-order valence-corrected chi connectivity index (χ3v) is 4.27. The summed E-state index contributed by atoms with van der Waals surface area (Å²) in [4.78, 5) is 23.7. The van der Waals surface area contributed by atoms with Crippen molar-refractivity contribution in [2.45, 2.75) is 20.3 Å². The summed E-state index contributed by atoms with van der Waals surface area (Å²) in [5.41, 5.74) is 1.09. The molecule has 0 N–H and O–H groups in total. The quantitative estimate of drug-likeness (QED) is 0.529. The van der Waals surface area contributed by atoms with E-state index in [9.17, 15) is 9.59 Å². The van der Waals surface area contributed by atoms with Gasteiger partial charge in [-0.1, -0.05) is 48.5 Å². The van der Waals surface area contributed by atoms with Gasteiger partial charge in [0.05, 0.1) is 5.92 Å². The second-order valence-corrected chi connectivity index (χ2v) is 5.78. The molecule has 0 radical (unpaired) electrons. The van der Waals surface area contributed by atoms with E-state index in [1.165, 1.54) is 13.8 Å². The molecule has 0 saturated heterocycles. The van der Waals surface area contributed by atoms with Gasteiger partial charge in [0.2, 0.25) is 0 Å². The zero-order valence-electron chi connectivity index (χ0n) is 12.8. The van der Waals surface area contributed by atoms with Crippen LogP contribution in [0.4, 0.5) is 0 Å². The summed E-state index contributed by atoms with van der Waals surface area (Å²) in [5, 5.41) is 4.52.